The van der Waals surface area contributed by atoms with Crippen LogP contribution in [0.25, 0.3) is 0 Å². The zero-order valence-corrected chi connectivity index (χ0v) is 19.3. The van der Waals surface area contributed by atoms with E-state index >= 15 is 0 Å². The van der Waals surface area contributed by atoms with E-state index in [1.807, 2.05) is 18.2 Å². The predicted molar refractivity (Wildman–Crippen MR) is 124 cm³/mol. The minimum atomic E-state index is 0.177. The van der Waals surface area contributed by atoms with Gasteiger partial charge in [-0.25, -0.2) is 5.43 Å². The van der Waals surface area contributed by atoms with Gasteiger partial charge in [0.2, 0.25) is 5.75 Å². The minimum absolute atomic E-state index is 0.177. The Morgan fingerprint density at radius 3 is 2.25 bits per heavy atom. The van der Waals surface area contributed by atoms with Crippen molar-refractivity contribution in [2.75, 3.05) is 47.5 Å². The lowest BCUT2D eigenvalue weighted by atomic mass is 9.93. The molecule has 2 aliphatic rings. The number of hydrazine groups is 1. The molecule has 2 unspecified atom stereocenters. The van der Waals surface area contributed by atoms with Gasteiger partial charge < -0.3 is 23.8 Å². The van der Waals surface area contributed by atoms with Gasteiger partial charge >= 0.3 is 0 Å². The van der Waals surface area contributed by atoms with Gasteiger partial charge in [0.25, 0.3) is 0 Å². The van der Waals surface area contributed by atoms with Gasteiger partial charge in [-0.05, 0) is 36.1 Å². The fourth-order valence-electron chi connectivity index (χ4n) is 4.72. The molecule has 0 aromatic heterocycles. The van der Waals surface area contributed by atoms with Crippen molar-refractivity contribution in [2.45, 2.75) is 31.6 Å². The van der Waals surface area contributed by atoms with E-state index < -0.39 is 0 Å². The topological polar surface area (TPSA) is 64.2 Å². The third-order valence-electron chi connectivity index (χ3n) is 6.50. The lowest BCUT2D eigenvalue weighted by molar-refractivity contribution is -0.00506. The van der Waals surface area contributed by atoms with Gasteiger partial charge in [-0.15, -0.1) is 0 Å². The average molecular weight is 442 g/mol. The Bertz CT molecular complexity index is 831. The van der Waals surface area contributed by atoms with Crippen LogP contribution in [0, 0.1) is 5.92 Å². The molecule has 2 aromatic carbocycles. The molecule has 2 atom stereocenters. The highest BCUT2D eigenvalue weighted by Gasteiger charge is 2.32. The van der Waals surface area contributed by atoms with Gasteiger partial charge in [-0.1, -0.05) is 30.3 Å². The molecule has 0 aliphatic carbocycles. The SMILES string of the molecule is COc1cc(C2NNCC2CN2CCC(OCc3ccccc3)CC2)cc(OC)c1OC. The monoisotopic (exact) mass is 441 g/mol. The largest absolute Gasteiger partial charge is 0.493 e. The number of hydrogen-bond acceptors (Lipinski definition) is 7. The Hall–Kier alpha value is -2.32. The van der Waals surface area contributed by atoms with Crippen LogP contribution in [0.15, 0.2) is 42.5 Å². The smallest absolute Gasteiger partial charge is 0.203 e. The van der Waals surface area contributed by atoms with E-state index in [2.05, 4.69) is 40.0 Å². The van der Waals surface area contributed by atoms with Gasteiger partial charge in [-0.3, -0.25) is 5.43 Å². The van der Waals surface area contributed by atoms with E-state index in [1.54, 1.807) is 21.3 Å². The molecule has 0 spiro atoms. The zero-order valence-electron chi connectivity index (χ0n) is 19.3. The number of likely N-dealkylation sites (tertiary alicyclic amines) is 1. The second-order valence-corrected chi connectivity index (χ2v) is 8.52. The number of benzene rings is 2. The standard InChI is InChI=1S/C25H35N3O4/c1-29-22-13-19(14-23(30-2)25(22)31-3)24-20(15-26-27-24)16-28-11-9-21(10-12-28)32-17-18-7-5-4-6-8-18/h4-8,13-14,20-21,24,26-27H,9-12,15-17H2,1-3H3. The summed E-state index contributed by atoms with van der Waals surface area (Å²) >= 11 is 0. The first-order valence-corrected chi connectivity index (χ1v) is 11.4. The van der Waals surface area contributed by atoms with Gasteiger partial charge in [0.05, 0.1) is 40.1 Å². The van der Waals surface area contributed by atoms with Crippen LogP contribution >= 0.6 is 0 Å². The Morgan fingerprint density at radius 2 is 1.62 bits per heavy atom. The van der Waals surface area contributed by atoms with Crippen molar-refractivity contribution >= 4 is 0 Å². The fourth-order valence-corrected chi connectivity index (χ4v) is 4.72. The molecule has 2 aromatic rings. The van der Waals surface area contributed by atoms with Crippen LogP contribution in [0.3, 0.4) is 0 Å². The van der Waals surface area contributed by atoms with Gasteiger partial charge in [-0.2, -0.15) is 0 Å². The highest BCUT2D eigenvalue weighted by Crippen LogP contribution is 2.41. The van der Waals surface area contributed by atoms with Crippen molar-refractivity contribution in [1.29, 1.82) is 0 Å². The molecule has 2 fully saturated rings. The minimum Gasteiger partial charge on any atom is -0.493 e. The molecule has 0 amide bonds. The van der Waals surface area contributed by atoms with E-state index in [1.165, 1.54) is 5.56 Å². The fraction of sp³-hybridized carbons (Fsp3) is 0.520. The summed E-state index contributed by atoms with van der Waals surface area (Å²) < 4.78 is 22.7. The van der Waals surface area contributed by atoms with Crippen molar-refractivity contribution in [3.63, 3.8) is 0 Å². The van der Waals surface area contributed by atoms with Crippen LogP contribution in [-0.2, 0) is 11.3 Å². The Kier molecular flexibility index (Phi) is 7.86. The maximum atomic E-state index is 6.16. The Labute approximate surface area is 191 Å². The van der Waals surface area contributed by atoms with Crippen LogP contribution in [0.5, 0.6) is 17.2 Å². The number of hydrogen-bond donors (Lipinski definition) is 2. The summed E-state index contributed by atoms with van der Waals surface area (Å²) in [6.07, 6.45) is 2.50. The third kappa shape index (κ3) is 5.35. The summed E-state index contributed by atoms with van der Waals surface area (Å²) in [7, 11) is 4.94. The molecule has 7 heteroatoms. The molecule has 2 aliphatic heterocycles. The number of methoxy groups -OCH3 is 3. The van der Waals surface area contributed by atoms with Gasteiger partial charge in [0, 0.05) is 32.1 Å². The molecule has 2 N–H and O–H groups in total. The summed E-state index contributed by atoms with van der Waals surface area (Å²) in [5, 5.41) is 0. The molecular weight excluding hydrogens is 406 g/mol. The molecule has 32 heavy (non-hydrogen) atoms. The van der Waals surface area contributed by atoms with Crippen molar-refractivity contribution in [1.82, 2.24) is 15.8 Å². The first kappa shape index (κ1) is 22.9. The summed E-state index contributed by atoms with van der Waals surface area (Å²) in [5.41, 5.74) is 9.17. The molecule has 0 radical (unpaired) electrons. The van der Waals surface area contributed by atoms with E-state index in [-0.39, 0.29) is 6.04 Å². The normalized spacial score (nSPS) is 22.1. The maximum Gasteiger partial charge on any atom is 0.203 e. The van der Waals surface area contributed by atoms with E-state index in [9.17, 15) is 0 Å². The summed E-state index contributed by atoms with van der Waals surface area (Å²) in [6.45, 7) is 4.79. The van der Waals surface area contributed by atoms with Crippen molar-refractivity contribution in [2.24, 2.45) is 5.92 Å². The highest BCUT2D eigenvalue weighted by molar-refractivity contribution is 5.54. The molecular formula is C25H35N3O4. The zero-order chi connectivity index (χ0) is 22.3. The number of piperidine rings is 1. The third-order valence-corrected chi connectivity index (χ3v) is 6.50. The highest BCUT2D eigenvalue weighted by atomic mass is 16.5. The number of nitrogens with zero attached hydrogens (tertiary/aromatic N) is 1. The van der Waals surface area contributed by atoms with Crippen LogP contribution in [0.2, 0.25) is 0 Å². The van der Waals surface area contributed by atoms with E-state index in [0.29, 0.717) is 35.9 Å². The first-order valence-electron chi connectivity index (χ1n) is 11.4. The second kappa shape index (κ2) is 11.0. The Morgan fingerprint density at radius 1 is 0.938 bits per heavy atom. The summed E-state index contributed by atoms with van der Waals surface area (Å²) in [6, 6.07) is 14.7. The van der Waals surface area contributed by atoms with E-state index in [0.717, 1.165) is 44.6 Å². The molecule has 4 rings (SSSR count). The molecule has 0 bridgehead atoms. The van der Waals surface area contributed by atoms with Crippen LogP contribution in [0.1, 0.15) is 30.0 Å². The molecule has 0 saturated carbocycles. The second-order valence-electron chi connectivity index (χ2n) is 8.52. The number of ether oxygens (including phenoxy) is 4. The summed E-state index contributed by atoms with van der Waals surface area (Å²) in [4.78, 5) is 2.56. The van der Waals surface area contributed by atoms with E-state index in [4.69, 9.17) is 18.9 Å². The quantitative estimate of drug-likeness (QED) is 0.620. The van der Waals surface area contributed by atoms with Crippen LogP contribution in [-0.4, -0.2) is 58.5 Å². The van der Waals surface area contributed by atoms with Gasteiger partial charge in [0.15, 0.2) is 11.5 Å². The predicted octanol–water partition coefficient (Wildman–Crippen LogP) is 3.16. The number of nitrogens with one attached hydrogen (secondary N) is 2. The summed E-state index contributed by atoms with van der Waals surface area (Å²) in [5.74, 6) is 2.44. The molecule has 7 nitrogen and oxygen atoms in total. The maximum absolute atomic E-state index is 6.16. The lowest BCUT2D eigenvalue weighted by Gasteiger charge is -2.34. The van der Waals surface area contributed by atoms with Crippen molar-refractivity contribution < 1.29 is 18.9 Å². The molecule has 174 valence electrons. The molecule has 2 saturated heterocycles. The first-order chi connectivity index (χ1) is 15.7. The lowest BCUT2D eigenvalue weighted by Crippen LogP contribution is -2.41. The Balaban J connectivity index is 1.33. The molecule has 2 heterocycles. The number of rotatable bonds is 9. The average Bonchev–Trinajstić information content (AvgIpc) is 3.31. The van der Waals surface area contributed by atoms with Crippen molar-refractivity contribution in [3.8, 4) is 17.2 Å². The van der Waals surface area contributed by atoms with Crippen molar-refractivity contribution in [3.05, 3.63) is 53.6 Å². The van der Waals surface area contributed by atoms with Crippen LogP contribution in [0.4, 0.5) is 0 Å². The van der Waals surface area contributed by atoms with Crippen LogP contribution < -0.4 is 25.1 Å². The van der Waals surface area contributed by atoms with Gasteiger partial charge in [0.1, 0.15) is 0 Å².